The molecule has 0 radical (unpaired) electrons. The molecular formula is C20H22O4. The van der Waals surface area contributed by atoms with Crippen LogP contribution in [-0.2, 0) is 6.42 Å². The van der Waals surface area contributed by atoms with Crippen molar-refractivity contribution in [2.45, 2.75) is 20.3 Å². The fraction of sp³-hybridized carbons (Fsp3) is 0.200. The predicted molar refractivity (Wildman–Crippen MR) is 96.5 cm³/mol. The molecule has 4 heteroatoms. The first-order chi connectivity index (χ1) is 11.4. The van der Waals surface area contributed by atoms with E-state index in [1.54, 1.807) is 36.4 Å². The smallest absolute Gasteiger partial charge is 0.161 e. The summed E-state index contributed by atoms with van der Waals surface area (Å²) in [6.45, 7) is 3.94. The Kier molecular flexibility index (Phi) is 5.53. The van der Waals surface area contributed by atoms with Gasteiger partial charge in [0.2, 0.25) is 0 Å². The molecule has 0 atom stereocenters. The zero-order valence-corrected chi connectivity index (χ0v) is 14.1. The van der Waals surface area contributed by atoms with Crippen LogP contribution in [0, 0.1) is 0 Å². The van der Waals surface area contributed by atoms with Crippen LogP contribution < -0.4 is 4.74 Å². The molecule has 4 nitrogen and oxygen atoms in total. The second-order valence-corrected chi connectivity index (χ2v) is 5.79. The van der Waals surface area contributed by atoms with Crippen LogP contribution in [0.5, 0.6) is 23.0 Å². The van der Waals surface area contributed by atoms with Gasteiger partial charge < -0.3 is 20.1 Å². The molecule has 0 aliphatic carbocycles. The lowest BCUT2D eigenvalue weighted by atomic mass is 10.0. The van der Waals surface area contributed by atoms with E-state index in [-0.39, 0.29) is 17.2 Å². The second kappa shape index (κ2) is 7.59. The first kappa shape index (κ1) is 17.5. The maximum Gasteiger partial charge on any atom is 0.161 e. The van der Waals surface area contributed by atoms with Gasteiger partial charge in [-0.05, 0) is 55.7 Å². The zero-order valence-electron chi connectivity index (χ0n) is 14.1. The molecule has 0 heterocycles. The highest BCUT2D eigenvalue weighted by Crippen LogP contribution is 2.31. The SMILES string of the molecule is COc1cc(/C=C/c2cc(O)c(CC=C(C)C)c(O)c2)ccc1O. The van der Waals surface area contributed by atoms with Crippen molar-refractivity contribution < 1.29 is 20.1 Å². The lowest BCUT2D eigenvalue weighted by molar-refractivity contribution is 0.373. The Morgan fingerprint density at radius 1 is 0.917 bits per heavy atom. The summed E-state index contributed by atoms with van der Waals surface area (Å²) in [6.07, 6.45) is 6.02. The molecule has 0 aliphatic rings. The van der Waals surface area contributed by atoms with Crippen LogP contribution in [0.4, 0.5) is 0 Å². The zero-order chi connectivity index (χ0) is 17.7. The molecule has 24 heavy (non-hydrogen) atoms. The van der Waals surface area contributed by atoms with Crippen LogP contribution in [0.15, 0.2) is 42.0 Å². The van der Waals surface area contributed by atoms with Gasteiger partial charge in [-0.25, -0.2) is 0 Å². The number of allylic oxidation sites excluding steroid dienone is 2. The van der Waals surface area contributed by atoms with E-state index in [0.29, 0.717) is 23.3 Å². The van der Waals surface area contributed by atoms with E-state index in [1.165, 1.54) is 7.11 Å². The quantitative estimate of drug-likeness (QED) is 0.559. The summed E-state index contributed by atoms with van der Waals surface area (Å²) < 4.78 is 5.07. The number of phenols is 3. The van der Waals surface area contributed by atoms with Crippen LogP contribution in [0.1, 0.15) is 30.5 Å². The summed E-state index contributed by atoms with van der Waals surface area (Å²) in [5.74, 6) is 0.597. The van der Waals surface area contributed by atoms with Gasteiger partial charge in [0.15, 0.2) is 11.5 Å². The number of ether oxygens (including phenoxy) is 1. The van der Waals surface area contributed by atoms with Crippen LogP contribution in [0.2, 0.25) is 0 Å². The second-order valence-electron chi connectivity index (χ2n) is 5.79. The maximum absolute atomic E-state index is 10.1. The molecule has 0 fully saturated rings. The number of phenolic OH excluding ortho intramolecular Hbond substituents is 3. The standard InChI is InChI=1S/C20H22O4/c1-13(2)4-8-16-18(22)10-15(11-19(16)23)6-5-14-7-9-17(21)20(12-14)24-3/h4-7,9-12,21-23H,8H2,1-3H3/b6-5+. The Morgan fingerprint density at radius 3 is 2.12 bits per heavy atom. The minimum absolute atomic E-state index is 0.0652. The summed E-state index contributed by atoms with van der Waals surface area (Å²) >= 11 is 0. The first-order valence-electron chi connectivity index (χ1n) is 7.64. The van der Waals surface area contributed by atoms with Crippen LogP contribution in [-0.4, -0.2) is 22.4 Å². The Balaban J connectivity index is 2.26. The molecule has 2 rings (SSSR count). The highest BCUT2D eigenvalue weighted by Gasteiger charge is 2.08. The van der Waals surface area contributed by atoms with E-state index < -0.39 is 0 Å². The molecule has 126 valence electrons. The van der Waals surface area contributed by atoms with E-state index in [9.17, 15) is 15.3 Å². The maximum atomic E-state index is 10.1. The van der Waals surface area contributed by atoms with E-state index in [2.05, 4.69) is 0 Å². The molecule has 0 spiro atoms. The van der Waals surface area contributed by atoms with Gasteiger partial charge in [0, 0.05) is 5.56 Å². The Bertz CT molecular complexity index is 761. The van der Waals surface area contributed by atoms with E-state index in [0.717, 1.165) is 11.1 Å². The normalized spacial score (nSPS) is 10.8. The van der Waals surface area contributed by atoms with Crippen molar-refractivity contribution in [1.29, 1.82) is 0 Å². The van der Waals surface area contributed by atoms with E-state index >= 15 is 0 Å². The van der Waals surface area contributed by atoms with Crippen molar-refractivity contribution in [3.63, 3.8) is 0 Å². The average molecular weight is 326 g/mol. The highest BCUT2D eigenvalue weighted by molar-refractivity contribution is 5.72. The summed E-state index contributed by atoms with van der Waals surface area (Å²) in [4.78, 5) is 0. The summed E-state index contributed by atoms with van der Waals surface area (Å²) in [6, 6.07) is 8.23. The monoisotopic (exact) mass is 326 g/mol. The largest absolute Gasteiger partial charge is 0.507 e. The molecule has 0 bridgehead atoms. The molecular weight excluding hydrogens is 304 g/mol. The van der Waals surface area contributed by atoms with E-state index in [4.69, 9.17) is 4.74 Å². The number of methoxy groups -OCH3 is 1. The minimum Gasteiger partial charge on any atom is -0.507 e. The van der Waals surface area contributed by atoms with Gasteiger partial charge >= 0.3 is 0 Å². The predicted octanol–water partition coefficient (Wildman–Crippen LogP) is 4.49. The average Bonchev–Trinajstić information content (AvgIpc) is 2.53. The molecule has 2 aromatic rings. The van der Waals surface area contributed by atoms with Gasteiger partial charge in [-0.3, -0.25) is 0 Å². The molecule has 0 unspecified atom stereocenters. The van der Waals surface area contributed by atoms with Gasteiger partial charge in [0.1, 0.15) is 11.5 Å². The van der Waals surface area contributed by atoms with Gasteiger partial charge in [-0.2, -0.15) is 0 Å². The molecule has 0 aromatic heterocycles. The fourth-order valence-corrected chi connectivity index (χ4v) is 2.26. The Hall–Kier alpha value is -2.88. The lowest BCUT2D eigenvalue weighted by Crippen LogP contribution is -1.87. The Morgan fingerprint density at radius 2 is 1.54 bits per heavy atom. The molecule has 2 aromatic carbocycles. The van der Waals surface area contributed by atoms with Gasteiger partial charge in [-0.1, -0.05) is 29.9 Å². The number of hydrogen-bond donors (Lipinski definition) is 3. The minimum atomic E-state index is 0.0652. The molecule has 0 saturated carbocycles. The first-order valence-corrected chi connectivity index (χ1v) is 7.64. The third-order valence-corrected chi connectivity index (χ3v) is 3.61. The number of hydrogen-bond acceptors (Lipinski definition) is 4. The molecule has 0 aliphatic heterocycles. The molecule has 0 amide bonds. The van der Waals surface area contributed by atoms with Crippen LogP contribution in [0.3, 0.4) is 0 Å². The number of aromatic hydroxyl groups is 3. The third-order valence-electron chi connectivity index (χ3n) is 3.61. The van der Waals surface area contributed by atoms with E-state index in [1.807, 2.05) is 26.0 Å². The topological polar surface area (TPSA) is 69.9 Å². The number of benzene rings is 2. The summed E-state index contributed by atoms with van der Waals surface area (Å²) in [5.41, 5.74) is 3.15. The fourth-order valence-electron chi connectivity index (χ4n) is 2.26. The van der Waals surface area contributed by atoms with Gasteiger partial charge in [0.05, 0.1) is 7.11 Å². The van der Waals surface area contributed by atoms with Gasteiger partial charge in [-0.15, -0.1) is 0 Å². The van der Waals surface area contributed by atoms with Crippen molar-refractivity contribution in [3.8, 4) is 23.0 Å². The summed E-state index contributed by atoms with van der Waals surface area (Å²) in [5, 5.41) is 29.8. The lowest BCUT2D eigenvalue weighted by Gasteiger charge is -2.07. The van der Waals surface area contributed by atoms with Gasteiger partial charge in [0.25, 0.3) is 0 Å². The third kappa shape index (κ3) is 4.32. The van der Waals surface area contributed by atoms with Crippen molar-refractivity contribution in [2.75, 3.05) is 7.11 Å². The highest BCUT2D eigenvalue weighted by atomic mass is 16.5. The van der Waals surface area contributed by atoms with Crippen molar-refractivity contribution >= 4 is 12.2 Å². The van der Waals surface area contributed by atoms with Crippen molar-refractivity contribution in [2.24, 2.45) is 0 Å². The summed E-state index contributed by atoms with van der Waals surface area (Å²) in [7, 11) is 1.49. The van der Waals surface area contributed by atoms with Crippen molar-refractivity contribution in [1.82, 2.24) is 0 Å². The molecule has 0 saturated heterocycles. The number of rotatable bonds is 5. The van der Waals surface area contributed by atoms with Crippen LogP contribution >= 0.6 is 0 Å². The van der Waals surface area contributed by atoms with Crippen LogP contribution in [0.25, 0.3) is 12.2 Å². The van der Waals surface area contributed by atoms with Crippen molar-refractivity contribution in [3.05, 3.63) is 58.7 Å². The molecule has 3 N–H and O–H groups in total. The Labute approximate surface area is 142 Å².